The maximum absolute atomic E-state index is 11.7. The van der Waals surface area contributed by atoms with Crippen LogP contribution >= 0.6 is 11.3 Å². The number of nitrogens with zero attached hydrogens (tertiary/aromatic N) is 4. The monoisotopic (exact) mass is 462 g/mol. The molecule has 8 heteroatoms. The first kappa shape index (κ1) is 23.1. The lowest BCUT2D eigenvalue weighted by Gasteiger charge is -2.21. The van der Waals surface area contributed by atoms with Crippen LogP contribution in [0.1, 0.15) is 16.9 Å². The van der Waals surface area contributed by atoms with Gasteiger partial charge in [-0.25, -0.2) is 9.97 Å². The summed E-state index contributed by atoms with van der Waals surface area (Å²) in [6.07, 6.45) is 4.29. The van der Waals surface area contributed by atoms with Crippen LogP contribution in [0, 0.1) is 6.92 Å². The van der Waals surface area contributed by atoms with Gasteiger partial charge < -0.3 is 15.5 Å². The molecule has 7 nitrogen and oxygen atoms in total. The number of carbonyl (C=O) groups is 1. The van der Waals surface area contributed by atoms with E-state index in [4.69, 9.17) is 4.98 Å². The molecule has 0 bridgehead atoms. The second-order valence-corrected chi connectivity index (χ2v) is 9.59. The number of nitrogens with one attached hydrogen (secondary N) is 2. The molecular formula is C25H30N6OS. The zero-order valence-corrected chi connectivity index (χ0v) is 20.0. The zero-order chi connectivity index (χ0) is 23.2. The van der Waals surface area contributed by atoms with Crippen molar-refractivity contribution in [2.75, 3.05) is 43.9 Å². The second kappa shape index (κ2) is 10.7. The average Bonchev–Trinajstić information content (AvgIpc) is 3.10. The molecule has 2 N–H and O–H groups in total. The largest absolute Gasteiger partial charge is 0.323 e. The van der Waals surface area contributed by atoms with E-state index in [0.29, 0.717) is 5.69 Å². The summed E-state index contributed by atoms with van der Waals surface area (Å²) in [7, 11) is 2.18. The highest BCUT2D eigenvalue weighted by Gasteiger charge is 2.15. The van der Waals surface area contributed by atoms with Crippen LogP contribution in [0.3, 0.4) is 0 Å². The van der Waals surface area contributed by atoms with Gasteiger partial charge in [-0.3, -0.25) is 9.69 Å². The SMILES string of the molecule is C=CC(=O)Nc1cccc(-c2cc(CN3CCCN(C)CC3)cc(Nc3ncc(C)s3)n2)c1. The molecule has 0 atom stereocenters. The maximum Gasteiger partial charge on any atom is 0.247 e. The fourth-order valence-electron chi connectivity index (χ4n) is 3.88. The highest BCUT2D eigenvalue weighted by molar-refractivity contribution is 7.15. The van der Waals surface area contributed by atoms with Crippen LogP contribution in [0.5, 0.6) is 0 Å². The number of anilines is 3. The van der Waals surface area contributed by atoms with Crippen LogP contribution in [-0.4, -0.2) is 58.9 Å². The summed E-state index contributed by atoms with van der Waals surface area (Å²) < 4.78 is 0. The Balaban J connectivity index is 1.64. The van der Waals surface area contributed by atoms with Crippen LogP contribution < -0.4 is 10.6 Å². The fourth-order valence-corrected chi connectivity index (χ4v) is 4.55. The number of aromatic nitrogens is 2. The first-order valence-corrected chi connectivity index (χ1v) is 12.0. The molecular weight excluding hydrogens is 432 g/mol. The molecule has 0 aliphatic carbocycles. The Morgan fingerprint density at radius 2 is 2.09 bits per heavy atom. The fraction of sp³-hybridized carbons (Fsp3) is 0.320. The molecule has 1 amide bonds. The lowest BCUT2D eigenvalue weighted by atomic mass is 10.1. The van der Waals surface area contributed by atoms with Gasteiger partial charge >= 0.3 is 0 Å². The lowest BCUT2D eigenvalue weighted by Crippen LogP contribution is -2.28. The van der Waals surface area contributed by atoms with Crippen molar-refractivity contribution < 1.29 is 4.79 Å². The van der Waals surface area contributed by atoms with Crippen molar-refractivity contribution in [2.45, 2.75) is 19.9 Å². The van der Waals surface area contributed by atoms with Gasteiger partial charge in [0.05, 0.1) is 5.69 Å². The van der Waals surface area contributed by atoms with E-state index in [0.717, 1.165) is 59.8 Å². The van der Waals surface area contributed by atoms with E-state index in [1.165, 1.54) is 18.1 Å². The third kappa shape index (κ3) is 6.47. The van der Waals surface area contributed by atoms with Gasteiger partial charge in [0.1, 0.15) is 5.82 Å². The van der Waals surface area contributed by atoms with Crippen LogP contribution in [0.15, 0.2) is 55.3 Å². The summed E-state index contributed by atoms with van der Waals surface area (Å²) in [6.45, 7) is 10.8. The normalized spacial score (nSPS) is 15.1. The Morgan fingerprint density at radius 3 is 2.88 bits per heavy atom. The lowest BCUT2D eigenvalue weighted by molar-refractivity contribution is -0.111. The van der Waals surface area contributed by atoms with Crippen molar-refractivity contribution >= 4 is 33.9 Å². The standard InChI is InChI=1S/C25H30N6OS/c1-4-24(32)27-21-8-5-7-20(15-21)22-13-19(17-31-10-6-9-30(3)11-12-31)14-23(28-22)29-25-26-16-18(2)33-25/h4-5,7-8,13-16H,1,6,9-12,17H2,2-3H3,(H,27,32)(H,26,28,29). The molecule has 1 fully saturated rings. The van der Waals surface area contributed by atoms with Crippen molar-refractivity contribution in [1.29, 1.82) is 0 Å². The molecule has 1 aromatic carbocycles. The molecule has 1 aliphatic rings. The van der Waals surface area contributed by atoms with Gasteiger partial charge in [0, 0.05) is 42.0 Å². The summed E-state index contributed by atoms with van der Waals surface area (Å²) >= 11 is 1.61. The van der Waals surface area contributed by atoms with Crippen LogP contribution in [-0.2, 0) is 11.3 Å². The Bertz CT molecular complexity index is 1130. The van der Waals surface area contributed by atoms with E-state index < -0.39 is 0 Å². The van der Waals surface area contributed by atoms with Gasteiger partial charge in [-0.2, -0.15) is 0 Å². The van der Waals surface area contributed by atoms with Gasteiger partial charge in [0.15, 0.2) is 5.13 Å². The minimum atomic E-state index is -0.235. The van der Waals surface area contributed by atoms with Gasteiger partial charge in [-0.1, -0.05) is 18.7 Å². The Morgan fingerprint density at radius 1 is 1.21 bits per heavy atom. The predicted molar refractivity (Wildman–Crippen MR) is 136 cm³/mol. The average molecular weight is 463 g/mol. The number of likely N-dealkylation sites (N-methyl/N-ethyl adjacent to an activating group) is 1. The van der Waals surface area contributed by atoms with Crippen LogP contribution in [0.2, 0.25) is 0 Å². The summed E-state index contributed by atoms with van der Waals surface area (Å²) in [5, 5.41) is 7.03. The molecule has 3 heterocycles. The van der Waals surface area contributed by atoms with E-state index in [-0.39, 0.29) is 5.91 Å². The molecule has 3 aromatic rings. The topological polar surface area (TPSA) is 73.4 Å². The van der Waals surface area contributed by atoms with Crippen molar-refractivity contribution in [3.63, 3.8) is 0 Å². The van der Waals surface area contributed by atoms with E-state index in [9.17, 15) is 4.79 Å². The quantitative estimate of drug-likeness (QED) is 0.503. The number of amides is 1. The number of aryl methyl sites for hydroxylation is 1. The maximum atomic E-state index is 11.7. The number of rotatable bonds is 7. The van der Waals surface area contributed by atoms with Crippen LogP contribution in [0.4, 0.5) is 16.6 Å². The van der Waals surface area contributed by atoms with Gasteiger partial charge in [-0.15, -0.1) is 11.3 Å². The summed E-state index contributed by atoms with van der Waals surface area (Å²) in [4.78, 5) is 27.1. The first-order chi connectivity index (χ1) is 16.0. The number of hydrogen-bond acceptors (Lipinski definition) is 7. The summed E-state index contributed by atoms with van der Waals surface area (Å²) in [5.41, 5.74) is 3.70. The summed E-state index contributed by atoms with van der Waals surface area (Å²) in [6, 6.07) is 12.0. The molecule has 2 aromatic heterocycles. The highest BCUT2D eigenvalue weighted by Crippen LogP contribution is 2.27. The first-order valence-electron chi connectivity index (χ1n) is 11.1. The second-order valence-electron chi connectivity index (χ2n) is 8.35. The van der Waals surface area contributed by atoms with E-state index in [1.54, 1.807) is 11.3 Å². The molecule has 0 unspecified atom stereocenters. The molecule has 0 radical (unpaired) electrons. The number of hydrogen-bond donors (Lipinski definition) is 2. The molecule has 1 aliphatic heterocycles. The molecule has 4 rings (SSSR count). The molecule has 0 saturated carbocycles. The number of benzene rings is 1. The summed E-state index contributed by atoms with van der Waals surface area (Å²) in [5.74, 6) is 0.533. The van der Waals surface area contributed by atoms with Crippen molar-refractivity contribution in [3.8, 4) is 11.3 Å². The molecule has 1 saturated heterocycles. The smallest absolute Gasteiger partial charge is 0.247 e. The molecule has 33 heavy (non-hydrogen) atoms. The van der Waals surface area contributed by atoms with Gasteiger partial charge in [0.25, 0.3) is 0 Å². The van der Waals surface area contributed by atoms with Gasteiger partial charge in [0.2, 0.25) is 5.91 Å². The van der Waals surface area contributed by atoms with E-state index >= 15 is 0 Å². The third-order valence-corrected chi connectivity index (χ3v) is 6.40. The molecule has 172 valence electrons. The minimum absolute atomic E-state index is 0.235. The highest BCUT2D eigenvalue weighted by atomic mass is 32.1. The number of carbonyl (C=O) groups excluding carboxylic acids is 1. The number of pyridine rings is 1. The Labute approximate surface area is 199 Å². The van der Waals surface area contributed by atoms with E-state index in [1.807, 2.05) is 37.4 Å². The Hall–Kier alpha value is -3.07. The predicted octanol–water partition coefficient (Wildman–Crippen LogP) is 4.52. The van der Waals surface area contributed by atoms with Crippen LogP contribution in [0.25, 0.3) is 11.3 Å². The number of thiazole rings is 1. The Kier molecular flexibility index (Phi) is 7.49. The third-order valence-electron chi connectivity index (χ3n) is 5.57. The van der Waals surface area contributed by atoms with Gasteiger partial charge in [-0.05, 0) is 69.4 Å². The van der Waals surface area contributed by atoms with Crippen molar-refractivity contribution in [2.24, 2.45) is 0 Å². The zero-order valence-electron chi connectivity index (χ0n) is 19.2. The minimum Gasteiger partial charge on any atom is -0.323 e. The molecule has 0 spiro atoms. The van der Waals surface area contributed by atoms with E-state index in [2.05, 4.69) is 51.2 Å². The van der Waals surface area contributed by atoms with Crippen molar-refractivity contribution in [3.05, 3.63) is 65.7 Å². The van der Waals surface area contributed by atoms with Crippen molar-refractivity contribution in [1.82, 2.24) is 19.8 Å².